The SMILES string of the molecule is COc1ccc(-c2oc3cc(OC)cc(C(=O)NCCc4c[nH]c5ccc(OC)cc45)c3c2-c2cc(OC)cc(OC)c2)cc1. The molecule has 0 aliphatic rings. The van der Waals surface area contributed by atoms with E-state index in [0.717, 1.165) is 44.7 Å². The number of carbonyl (C=O) groups excluding carboxylic acids is 1. The maximum Gasteiger partial charge on any atom is 0.252 e. The molecular formula is C36H34N2O7. The van der Waals surface area contributed by atoms with Crippen molar-refractivity contribution in [3.8, 4) is 51.2 Å². The number of methoxy groups -OCH3 is 5. The number of nitrogens with one attached hydrogen (secondary N) is 2. The largest absolute Gasteiger partial charge is 0.497 e. The Labute approximate surface area is 260 Å². The molecule has 0 spiro atoms. The Morgan fingerprint density at radius 3 is 2.02 bits per heavy atom. The second-order valence-electron chi connectivity index (χ2n) is 10.4. The van der Waals surface area contributed by atoms with Gasteiger partial charge in [-0.3, -0.25) is 4.79 Å². The van der Waals surface area contributed by atoms with Crippen LogP contribution in [0.2, 0.25) is 0 Å². The minimum atomic E-state index is -0.255. The lowest BCUT2D eigenvalue weighted by Gasteiger charge is -2.12. The van der Waals surface area contributed by atoms with Crippen LogP contribution in [-0.4, -0.2) is 53.0 Å². The maximum atomic E-state index is 14.0. The molecule has 0 saturated carbocycles. The van der Waals surface area contributed by atoms with Crippen LogP contribution in [0.5, 0.6) is 28.7 Å². The van der Waals surface area contributed by atoms with Crippen LogP contribution in [-0.2, 0) is 6.42 Å². The molecule has 0 bridgehead atoms. The minimum Gasteiger partial charge on any atom is -0.497 e. The molecular weight excluding hydrogens is 572 g/mol. The number of aromatic amines is 1. The topological polar surface area (TPSA) is 104 Å². The molecule has 2 heterocycles. The van der Waals surface area contributed by atoms with Crippen molar-refractivity contribution >= 4 is 27.8 Å². The van der Waals surface area contributed by atoms with E-state index in [1.165, 1.54) is 0 Å². The van der Waals surface area contributed by atoms with Crippen molar-refractivity contribution in [1.82, 2.24) is 10.3 Å². The highest BCUT2D eigenvalue weighted by Gasteiger charge is 2.25. The molecule has 1 amide bonds. The van der Waals surface area contributed by atoms with E-state index in [1.807, 2.05) is 60.8 Å². The Balaban J connectivity index is 1.45. The highest BCUT2D eigenvalue weighted by Crippen LogP contribution is 2.45. The first-order valence-corrected chi connectivity index (χ1v) is 14.4. The van der Waals surface area contributed by atoms with Crippen molar-refractivity contribution in [2.24, 2.45) is 0 Å². The van der Waals surface area contributed by atoms with Gasteiger partial charge in [0.2, 0.25) is 0 Å². The average molecular weight is 607 g/mol. The number of hydrogen-bond acceptors (Lipinski definition) is 7. The Bertz CT molecular complexity index is 1970. The van der Waals surface area contributed by atoms with E-state index in [9.17, 15) is 4.79 Å². The molecule has 0 aliphatic heterocycles. The molecule has 0 saturated heterocycles. The highest BCUT2D eigenvalue weighted by atomic mass is 16.5. The summed E-state index contributed by atoms with van der Waals surface area (Å²) in [5.74, 6) is 3.53. The second kappa shape index (κ2) is 12.6. The number of amides is 1. The maximum absolute atomic E-state index is 14.0. The van der Waals surface area contributed by atoms with Crippen LogP contribution in [0.3, 0.4) is 0 Å². The summed E-state index contributed by atoms with van der Waals surface area (Å²) >= 11 is 0. The number of fused-ring (bicyclic) bond motifs is 2. The zero-order valence-corrected chi connectivity index (χ0v) is 25.8. The van der Waals surface area contributed by atoms with Crippen LogP contribution >= 0.6 is 0 Å². The summed E-state index contributed by atoms with van der Waals surface area (Å²) in [6, 6.07) is 22.6. The summed E-state index contributed by atoms with van der Waals surface area (Å²) < 4.78 is 34.1. The lowest BCUT2D eigenvalue weighted by Crippen LogP contribution is -2.26. The molecule has 0 fully saturated rings. The summed E-state index contributed by atoms with van der Waals surface area (Å²) in [4.78, 5) is 17.3. The van der Waals surface area contributed by atoms with Gasteiger partial charge in [-0.2, -0.15) is 0 Å². The number of rotatable bonds is 11. The van der Waals surface area contributed by atoms with Gasteiger partial charge in [-0.15, -0.1) is 0 Å². The molecule has 6 rings (SSSR count). The number of aromatic nitrogens is 1. The zero-order chi connectivity index (χ0) is 31.5. The van der Waals surface area contributed by atoms with Crippen molar-refractivity contribution in [2.75, 3.05) is 42.1 Å². The first-order chi connectivity index (χ1) is 22.0. The van der Waals surface area contributed by atoms with Gasteiger partial charge < -0.3 is 38.4 Å². The Kier molecular flexibility index (Phi) is 8.24. The molecule has 0 atom stereocenters. The molecule has 6 aromatic rings. The van der Waals surface area contributed by atoms with Gasteiger partial charge in [0.15, 0.2) is 0 Å². The van der Waals surface area contributed by atoms with Gasteiger partial charge in [0.25, 0.3) is 5.91 Å². The van der Waals surface area contributed by atoms with Crippen molar-refractivity contribution in [1.29, 1.82) is 0 Å². The molecule has 2 aromatic heterocycles. The van der Waals surface area contributed by atoms with Gasteiger partial charge in [-0.1, -0.05) is 0 Å². The fraction of sp³-hybridized carbons (Fsp3) is 0.194. The van der Waals surface area contributed by atoms with E-state index in [2.05, 4.69) is 10.3 Å². The fourth-order valence-electron chi connectivity index (χ4n) is 5.57. The summed E-state index contributed by atoms with van der Waals surface area (Å²) in [5, 5.41) is 4.82. The van der Waals surface area contributed by atoms with Crippen molar-refractivity contribution in [2.45, 2.75) is 6.42 Å². The Hall–Kier alpha value is -5.57. The molecule has 0 aliphatic carbocycles. The van der Waals surface area contributed by atoms with Gasteiger partial charge in [0, 0.05) is 52.3 Å². The lowest BCUT2D eigenvalue weighted by atomic mass is 9.95. The molecule has 9 heteroatoms. The van der Waals surface area contributed by atoms with Crippen LogP contribution in [0, 0.1) is 0 Å². The van der Waals surface area contributed by atoms with E-state index in [1.54, 1.807) is 53.7 Å². The second-order valence-corrected chi connectivity index (χ2v) is 10.4. The first-order valence-electron chi connectivity index (χ1n) is 14.4. The number of benzene rings is 4. The van der Waals surface area contributed by atoms with Crippen LogP contribution in [0.25, 0.3) is 44.3 Å². The molecule has 0 radical (unpaired) electrons. The van der Waals surface area contributed by atoms with Gasteiger partial charge >= 0.3 is 0 Å². The quantitative estimate of drug-likeness (QED) is 0.160. The van der Waals surface area contributed by atoms with Crippen LogP contribution in [0.1, 0.15) is 15.9 Å². The third-order valence-corrected chi connectivity index (χ3v) is 7.89. The summed E-state index contributed by atoms with van der Waals surface area (Å²) in [5.41, 5.74) is 5.32. The standard InChI is InChI=1S/C36H34N2O7/c1-40-24-8-6-21(7-9-24)35-33(23-14-26(42-3)16-27(15-23)43-4)34-30(18-28(44-5)19-32(34)45-35)36(39)37-13-12-22-20-38-31-11-10-25(41-2)17-29(22)31/h6-11,14-20,38H,12-13H2,1-5H3,(H,37,39). The number of ether oxygens (including phenoxy) is 5. The summed E-state index contributed by atoms with van der Waals surface area (Å²) in [7, 11) is 8.04. The van der Waals surface area contributed by atoms with Crippen LogP contribution < -0.4 is 29.0 Å². The first kappa shape index (κ1) is 29.5. The number of hydrogen-bond donors (Lipinski definition) is 2. The van der Waals surface area contributed by atoms with Crippen molar-refractivity contribution in [3.05, 3.63) is 90.1 Å². The van der Waals surface area contributed by atoms with Crippen molar-refractivity contribution in [3.63, 3.8) is 0 Å². The minimum absolute atomic E-state index is 0.255. The molecule has 45 heavy (non-hydrogen) atoms. The molecule has 4 aromatic carbocycles. The third kappa shape index (κ3) is 5.72. The van der Waals surface area contributed by atoms with E-state index >= 15 is 0 Å². The summed E-state index contributed by atoms with van der Waals surface area (Å²) in [6.45, 7) is 0.410. The zero-order valence-electron chi connectivity index (χ0n) is 25.8. The summed E-state index contributed by atoms with van der Waals surface area (Å²) in [6.07, 6.45) is 2.58. The van der Waals surface area contributed by atoms with Gasteiger partial charge in [0.1, 0.15) is 40.1 Å². The van der Waals surface area contributed by atoms with Gasteiger partial charge in [0.05, 0.1) is 41.1 Å². The smallest absolute Gasteiger partial charge is 0.252 e. The Morgan fingerprint density at radius 2 is 1.36 bits per heavy atom. The lowest BCUT2D eigenvalue weighted by molar-refractivity contribution is 0.0955. The van der Waals surface area contributed by atoms with Crippen LogP contribution in [0.15, 0.2) is 83.4 Å². The number of furan rings is 1. The highest BCUT2D eigenvalue weighted by molar-refractivity contribution is 6.14. The average Bonchev–Trinajstić information content (AvgIpc) is 3.68. The van der Waals surface area contributed by atoms with E-state index in [-0.39, 0.29) is 5.91 Å². The Morgan fingerprint density at radius 1 is 0.711 bits per heavy atom. The molecule has 0 unspecified atom stereocenters. The van der Waals surface area contributed by atoms with Gasteiger partial charge in [-0.25, -0.2) is 0 Å². The predicted molar refractivity (Wildman–Crippen MR) is 174 cm³/mol. The number of carbonyl (C=O) groups is 1. The fourth-order valence-corrected chi connectivity index (χ4v) is 5.57. The van der Waals surface area contributed by atoms with E-state index < -0.39 is 0 Å². The molecule has 9 nitrogen and oxygen atoms in total. The normalized spacial score (nSPS) is 11.0. The molecule has 230 valence electrons. The van der Waals surface area contributed by atoms with E-state index in [0.29, 0.717) is 52.5 Å². The van der Waals surface area contributed by atoms with Gasteiger partial charge in [-0.05, 0) is 78.2 Å². The predicted octanol–water partition coefficient (Wildman–Crippen LogP) is 7.26. The molecule has 2 N–H and O–H groups in total. The number of H-pyrrole nitrogens is 1. The monoisotopic (exact) mass is 606 g/mol. The third-order valence-electron chi connectivity index (χ3n) is 7.89. The van der Waals surface area contributed by atoms with E-state index in [4.69, 9.17) is 28.1 Å². The van der Waals surface area contributed by atoms with Crippen molar-refractivity contribution < 1.29 is 32.9 Å². The van der Waals surface area contributed by atoms with Crippen LogP contribution in [0.4, 0.5) is 0 Å².